The van der Waals surface area contributed by atoms with E-state index in [1.165, 1.54) is 12.1 Å². The van der Waals surface area contributed by atoms with Gasteiger partial charge < -0.3 is 10.4 Å². The molecule has 1 amide bonds. The van der Waals surface area contributed by atoms with Crippen LogP contribution in [0.4, 0.5) is 4.39 Å². The number of aliphatic carboxylic acids is 1. The second kappa shape index (κ2) is 8.66. The van der Waals surface area contributed by atoms with Crippen LogP contribution in [0.5, 0.6) is 0 Å². The molecule has 2 aromatic carbocycles. The van der Waals surface area contributed by atoms with Gasteiger partial charge in [0, 0.05) is 17.1 Å². The maximum absolute atomic E-state index is 14.6. The quantitative estimate of drug-likeness (QED) is 0.403. The Labute approximate surface area is 191 Å². The van der Waals surface area contributed by atoms with Gasteiger partial charge in [0.15, 0.2) is 5.65 Å². The molecule has 0 aliphatic heterocycles. The molecule has 0 aliphatic carbocycles. The topological polar surface area (TPSA) is 123 Å². The summed E-state index contributed by atoms with van der Waals surface area (Å²) in [4.78, 5) is 31.6. The van der Waals surface area contributed by atoms with E-state index in [4.69, 9.17) is 5.11 Å². The van der Waals surface area contributed by atoms with Crippen LogP contribution < -0.4 is 5.32 Å². The van der Waals surface area contributed by atoms with Gasteiger partial charge in [-0.3, -0.25) is 14.6 Å². The summed E-state index contributed by atoms with van der Waals surface area (Å²) in [5, 5.41) is 20.2. The number of hydrogen-bond acceptors (Lipinski definition) is 6. The summed E-state index contributed by atoms with van der Waals surface area (Å²) in [5.41, 5.74) is 3.72. The highest BCUT2D eigenvalue weighted by Crippen LogP contribution is 2.23. The first-order chi connectivity index (χ1) is 16.5. The lowest BCUT2D eigenvalue weighted by molar-refractivity contribution is -0.135. The van der Waals surface area contributed by atoms with E-state index in [1.54, 1.807) is 29.1 Å². The number of rotatable bonds is 6. The number of hydrogen-bond donors (Lipinski definition) is 2. The van der Waals surface area contributed by atoms with Crippen LogP contribution in [0.1, 0.15) is 15.9 Å². The Morgan fingerprint density at radius 2 is 1.88 bits per heavy atom. The predicted octanol–water partition coefficient (Wildman–Crippen LogP) is 3.04. The summed E-state index contributed by atoms with van der Waals surface area (Å²) in [5.74, 6) is -2.80. The highest BCUT2D eigenvalue weighted by molar-refractivity contribution is 5.96. The van der Waals surface area contributed by atoms with Crippen LogP contribution in [0.3, 0.4) is 0 Å². The smallest absolute Gasteiger partial charge is 0.322 e. The van der Waals surface area contributed by atoms with Gasteiger partial charge in [-0.05, 0) is 48.0 Å². The number of pyridine rings is 2. The molecule has 0 bridgehead atoms. The lowest BCUT2D eigenvalue weighted by atomic mass is 10.1. The van der Waals surface area contributed by atoms with Crippen molar-refractivity contribution in [1.29, 1.82) is 0 Å². The van der Waals surface area contributed by atoms with Crippen LogP contribution in [0, 0.1) is 5.82 Å². The number of nitrogens with one attached hydrogen (secondary N) is 1. The molecule has 0 saturated heterocycles. The lowest BCUT2D eigenvalue weighted by Gasteiger charge is -2.07. The average Bonchev–Trinajstić information content (AvgIpc) is 3.24. The Bertz CT molecular complexity index is 1570. The molecule has 0 radical (unpaired) electrons. The number of carboxylic acids is 1. The van der Waals surface area contributed by atoms with E-state index in [-0.39, 0.29) is 5.56 Å². The van der Waals surface area contributed by atoms with E-state index < -0.39 is 24.2 Å². The molecular weight excluding hydrogens is 439 g/mol. The van der Waals surface area contributed by atoms with Crippen LogP contribution in [0.25, 0.3) is 33.3 Å². The molecule has 5 rings (SSSR count). The highest BCUT2D eigenvalue weighted by atomic mass is 19.1. The van der Waals surface area contributed by atoms with Gasteiger partial charge in [-0.15, -0.1) is 5.10 Å². The van der Waals surface area contributed by atoms with Crippen molar-refractivity contribution in [3.05, 3.63) is 83.8 Å². The Morgan fingerprint density at radius 3 is 2.71 bits per heavy atom. The van der Waals surface area contributed by atoms with Gasteiger partial charge in [0.2, 0.25) is 0 Å². The van der Waals surface area contributed by atoms with Crippen LogP contribution >= 0.6 is 0 Å². The standard InChI is InChI=1S/C24H17FN6O3/c25-18-11-16(4-5-17(18)24(34)27-12-22(32)33)20-7-8-21-23(28-20)31(30-29-21)13-14-3-6-19-15(10-14)2-1-9-26-19/h1-11H,12-13H2,(H,27,34)(H,32,33). The van der Waals surface area contributed by atoms with Crippen molar-refractivity contribution in [2.75, 3.05) is 6.54 Å². The zero-order chi connectivity index (χ0) is 23.7. The van der Waals surface area contributed by atoms with Crippen molar-refractivity contribution >= 4 is 33.9 Å². The van der Waals surface area contributed by atoms with Crippen molar-refractivity contribution in [3.63, 3.8) is 0 Å². The maximum Gasteiger partial charge on any atom is 0.322 e. The summed E-state index contributed by atoms with van der Waals surface area (Å²) in [6, 6.07) is 17.3. The number of carboxylic acid groups (broad SMARTS) is 1. The fourth-order valence-corrected chi connectivity index (χ4v) is 3.63. The maximum atomic E-state index is 14.6. The molecule has 0 unspecified atom stereocenters. The Kier molecular flexibility index (Phi) is 5.38. The van der Waals surface area contributed by atoms with Gasteiger partial charge in [0.25, 0.3) is 5.91 Å². The summed E-state index contributed by atoms with van der Waals surface area (Å²) in [6.07, 6.45) is 1.75. The SMILES string of the molecule is O=C(O)CNC(=O)c1ccc(-c2ccc3nnn(Cc4ccc5ncccc5c4)c3n2)cc1F. The minimum Gasteiger partial charge on any atom is -0.480 e. The number of halogens is 1. The summed E-state index contributed by atoms with van der Waals surface area (Å²) >= 11 is 0. The van der Waals surface area contributed by atoms with Gasteiger partial charge in [-0.1, -0.05) is 23.4 Å². The van der Waals surface area contributed by atoms with E-state index in [9.17, 15) is 14.0 Å². The van der Waals surface area contributed by atoms with Crippen LogP contribution in [0.15, 0.2) is 66.9 Å². The Hall–Kier alpha value is -4.73. The molecule has 0 saturated carbocycles. The number of amides is 1. The van der Waals surface area contributed by atoms with Crippen molar-refractivity contribution in [3.8, 4) is 11.3 Å². The second-order valence-corrected chi connectivity index (χ2v) is 7.59. The summed E-state index contributed by atoms with van der Waals surface area (Å²) in [6.45, 7) is -0.155. The van der Waals surface area contributed by atoms with Gasteiger partial charge in [-0.2, -0.15) is 0 Å². The fourth-order valence-electron chi connectivity index (χ4n) is 3.63. The van der Waals surface area contributed by atoms with Gasteiger partial charge >= 0.3 is 5.97 Å². The molecule has 0 aliphatic rings. The molecule has 5 aromatic rings. The van der Waals surface area contributed by atoms with Gasteiger partial charge in [-0.25, -0.2) is 14.1 Å². The van der Waals surface area contributed by atoms with E-state index in [2.05, 4.69) is 25.6 Å². The zero-order valence-electron chi connectivity index (χ0n) is 17.6. The molecule has 2 N–H and O–H groups in total. The molecule has 0 fully saturated rings. The van der Waals surface area contributed by atoms with Gasteiger partial charge in [0.05, 0.1) is 23.3 Å². The Morgan fingerprint density at radius 1 is 1.03 bits per heavy atom. The van der Waals surface area contributed by atoms with Crippen LogP contribution in [-0.4, -0.2) is 48.5 Å². The molecule has 0 atom stereocenters. The third-order valence-electron chi connectivity index (χ3n) is 5.27. The monoisotopic (exact) mass is 456 g/mol. The lowest BCUT2D eigenvalue weighted by Crippen LogP contribution is -2.29. The summed E-state index contributed by atoms with van der Waals surface area (Å²) < 4.78 is 16.3. The average molecular weight is 456 g/mol. The first-order valence-electron chi connectivity index (χ1n) is 10.3. The van der Waals surface area contributed by atoms with Gasteiger partial charge in [0.1, 0.15) is 17.9 Å². The van der Waals surface area contributed by atoms with Crippen molar-refractivity contribution in [2.45, 2.75) is 6.54 Å². The minimum absolute atomic E-state index is 0.247. The molecule has 10 heteroatoms. The fraction of sp³-hybridized carbons (Fsp3) is 0.0833. The molecule has 34 heavy (non-hydrogen) atoms. The number of carbonyl (C=O) groups excluding carboxylic acids is 1. The van der Waals surface area contributed by atoms with Crippen LogP contribution in [0.2, 0.25) is 0 Å². The number of aromatic nitrogens is 5. The van der Waals surface area contributed by atoms with Crippen molar-refractivity contribution in [1.82, 2.24) is 30.3 Å². The predicted molar refractivity (Wildman–Crippen MR) is 122 cm³/mol. The van der Waals surface area contributed by atoms with E-state index in [0.29, 0.717) is 29.0 Å². The number of nitrogens with zero attached hydrogens (tertiary/aromatic N) is 5. The number of fused-ring (bicyclic) bond motifs is 2. The first-order valence-corrected chi connectivity index (χ1v) is 10.3. The number of carbonyl (C=O) groups is 2. The first kappa shape index (κ1) is 21.1. The minimum atomic E-state index is -1.21. The highest BCUT2D eigenvalue weighted by Gasteiger charge is 2.15. The third-order valence-corrected chi connectivity index (χ3v) is 5.27. The molecule has 168 valence electrons. The second-order valence-electron chi connectivity index (χ2n) is 7.59. The largest absolute Gasteiger partial charge is 0.480 e. The van der Waals surface area contributed by atoms with E-state index >= 15 is 0 Å². The molecule has 3 heterocycles. The normalized spacial score (nSPS) is 11.1. The molecule has 9 nitrogen and oxygen atoms in total. The Balaban J connectivity index is 1.44. The molecule has 3 aromatic heterocycles. The number of benzene rings is 2. The molecule has 0 spiro atoms. The van der Waals surface area contributed by atoms with E-state index in [1.807, 2.05) is 30.3 Å². The van der Waals surface area contributed by atoms with Crippen molar-refractivity contribution < 1.29 is 19.1 Å². The third kappa shape index (κ3) is 4.16. The summed E-state index contributed by atoms with van der Waals surface area (Å²) in [7, 11) is 0. The van der Waals surface area contributed by atoms with E-state index in [0.717, 1.165) is 16.5 Å². The van der Waals surface area contributed by atoms with Crippen molar-refractivity contribution in [2.24, 2.45) is 0 Å². The zero-order valence-corrected chi connectivity index (χ0v) is 17.6. The van der Waals surface area contributed by atoms with Crippen LogP contribution in [-0.2, 0) is 11.3 Å². The molecular formula is C24H17FN6O3.